The number of amides is 2. The van der Waals surface area contributed by atoms with Crippen LogP contribution in [0, 0.1) is 0 Å². The number of carbonyl (C=O) groups is 2. The molecule has 21 heavy (non-hydrogen) atoms. The van der Waals surface area contributed by atoms with Gasteiger partial charge < -0.3 is 9.80 Å². The van der Waals surface area contributed by atoms with Crippen LogP contribution < -0.4 is 0 Å². The van der Waals surface area contributed by atoms with Crippen molar-refractivity contribution < 1.29 is 9.59 Å². The van der Waals surface area contributed by atoms with Crippen molar-refractivity contribution in [2.24, 2.45) is 0 Å². The molecule has 116 valence electrons. The van der Waals surface area contributed by atoms with Crippen LogP contribution in [-0.4, -0.2) is 54.3 Å². The largest absolute Gasteiger partial charge is 0.347 e. The van der Waals surface area contributed by atoms with E-state index in [0.29, 0.717) is 5.56 Å². The SMILES string of the molecule is CN(C)C(=O)CN(C)C(=O)c1cc(Cl)nc(C(C)(C)C)c1. The lowest BCUT2D eigenvalue weighted by Crippen LogP contribution is -2.37. The summed E-state index contributed by atoms with van der Waals surface area (Å²) < 4.78 is 0. The molecule has 0 aliphatic carbocycles. The number of hydrogen-bond donors (Lipinski definition) is 0. The lowest BCUT2D eigenvalue weighted by atomic mass is 9.91. The van der Waals surface area contributed by atoms with Crippen molar-refractivity contribution in [2.45, 2.75) is 26.2 Å². The van der Waals surface area contributed by atoms with E-state index in [1.807, 2.05) is 20.8 Å². The minimum absolute atomic E-state index is 0.0244. The zero-order valence-electron chi connectivity index (χ0n) is 13.4. The molecule has 0 fully saturated rings. The van der Waals surface area contributed by atoms with Crippen molar-refractivity contribution in [1.29, 1.82) is 0 Å². The topological polar surface area (TPSA) is 53.5 Å². The normalized spacial score (nSPS) is 11.2. The molecule has 0 saturated heterocycles. The van der Waals surface area contributed by atoms with Gasteiger partial charge in [0.1, 0.15) is 5.15 Å². The Balaban J connectivity index is 3.02. The number of aromatic nitrogens is 1. The van der Waals surface area contributed by atoms with Gasteiger partial charge in [-0.2, -0.15) is 0 Å². The summed E-state index contributed by atoms with van der Waals surface area (Å²) >= 11 is 6.00. The molecule has 0 aliphatic rings. The number of pyridine rings is 1. The van der Waals surface area contributed by atoms with Crippen LogP contribution in [0.1, 0.15) is 36.8 Å². The molecule has 0 atom stereocenters. The van der Waals surface area contributed by atoms with Gasteiger partial charge in [-0.05, 0) is 12.1 Å². The highest BCUT2D eigenvalue weighted by Gasteiger charge is 2.21. The Morgan fingerprint density at radius 1 is 1.19 bits per heavy atom. The smallest absolute Gasteiger partial charge is 0.254 e. The molecule has 0 unspecified atom stereocenters. The Bertz CT molecular complexity index is 550. The first kappa shape index (κ1) is 17.4. The third kappa shape index (κ3) is 4.70. The van der Waals surface area contributed by atoms with Gasteiger partial charge in [-0.25, -0.2) is 4.98 Å². The van der Waals surface area contributed by atoms with Crippen molar-refractivity contribution in [1.82, 2.24) is 14.8 Å². The van der Waals surface area contributed by atoms with Crippen LogP contribution >= 0.6 is 11.6 Å². The number of carbonyl (C=O) groups excluding carboxylic acids is 2. The van der Waals surface area contributed by atoms with E-state index in [4.69, 9.17) is 11.6 Å². The van der Waals surface area contributed by atoms with Crippen LogP contribution in [0.15, 0.2) is 12.1 Å². The molecule has 5 nitrogen and oxygen atoms in total. The fourth-order valence-electron chi connectivity index (χ4n) is 1.64. The summed E-state index contributed by atoms with van der Waals surface area (Å²) in [6.45, 7) is 6.02. The van der Waals surface area contributed by atoms with Crippen LogP contribution in [0.25, 0.3) is 0 Å². The molecular weight excluding hydrogens is 290 g/mol. The lowest BCUT2D eigenvalue weighted by molar-refractivity contribution is -0.129. The highest BCUT2D eigenvalue weighted by molar-refractivity contribution is 6.29. The first-order valence-electron chi connectivity index (χ1n) is 6.66. The van der Waals surface area contributed by atoms with Crippen LogP contribution in [-0.2, 0) is 10.2 Å². The summed E-state index contributed by atoms with van der Waals surface area (Å²) in [6.07, 6.45) is 0. The second kappa shape index (κ2) is 6.43. The Morgan fingerprint density at radius 3 is 2.24 bits per heavy atom. The molecule has 0 N–H and O–H groups in total. The van der Waals surface area contributed by atoms with Crippen molar-refractivity contribution in [3.63, 3.8) is 0 Å². The van der Waals surface area contributed by atoms with Crippen LogP contribution in [0.2, 0.25) is 5.15 Å². The van der Waals surface area contributed by atoms with Crippen molar-refractivity contribution in [3.8, 4) is 0 Å². The average Bonchev–Trinajstić information content (AvgIpc) is 2.35. The molecular formula is C15H22ClN3O2. The molecule has 1 aromatic heterocycles. The second-order valence-corrected chi connectivity index (χ2v) is 6.65. The van der Waals surface area contributed by atoms with Gasteiger partial charge in [-0.1, -0.05) is 32.4 Å². The van der Waals surface area contributed by atoms with Gasteiger partial charge in [0.15, 0.2) is 0 Å². The minimum Gasteiger partial charge on any atom is -0.347 e. The van der Waals surface area contributed by atoms with E-state index < -0.39 is 0 Å². The first-order valence-corrected chi connectivity index (χ1v) is 7.04. The van der Waals surface area contributed by atoms with E-state index in [1.165, 1.54) is 15.9 Å². The number of rotatable bonds is 3. The van der Waals surface area contributed by atoms with Gasteiger partial charge in [0.25, 0.3) is 5.91 Å². The van der Waals surface area contributed by atoms with Crippen molar-refractivity contribution in [3.05, 3.63) is 28.5 Å². The van der Waals surface area contributed by atoms with Crippen LogP contribution in [0.3, 0.4) is 0 Å². The summed E-state index contributed by atoms with van der Waals surface area (Å²) in [5.41, 5.74) is 0.970. The van der Waals surface area contributed by atoms with Crippen LogP contribution in [0.4, 0.5) is 0 Å². The first-order chi connectivity index (χ1) is 9.52. The second-order valence-electron chi connectivity index (χ2n) is 6.26. The van der Waals surface area contributed by atoms with Crippen LogP contribution in [0.5, 0.6) is 0 Å². The van der Waals surface area contributed by atoms with E-state index >= 15 is 0 Å². The third-order valence-corrected chi connectivity index (χ3v) is 3.22. The molecule has 0 saturated carbocycles. The highest BCUT2D eigenvalue weighted by atomic mass is 35.5. The molecule has 2 amide bonds. The Labute approximate surface area is 130 Å². The quantitative estimate of drug-likeness (QED) is 0.804. The highest BCUT2D eigenvalue weighted by Crippen LogP contribution is 2.23. The molecule has 0 aliphatic heterocycles. The summed E-state index contributed by atoms with van der Waals surface area (Å²) in [4.78, 5) is 31.2. The molecule has 6 heteroatoms. The zero-order chi connectivity index (χ0) is 16.4. The fourth-order valence-corrected chi connectivity index (χ4v) is 1.85. The molecule has 0 bridgehead atoms. The number of likely N-dealkylation sites (N-methyl/N-ethyl adjacent to an activating group) is 2. The monoisotopic (exact) mass is 311 g/mol. The summed E-state index contributed by atoms with van der Waals surface area (Å²) in [5.74, 6) is -0.387. The predicted octanol–water partition coefficient (Wildman–Crippen LogP) is 2.19. The molecule has 0 aromatic carbocycles. The van der Waals surface area contributed by atoms with Gasteiger partial charge >= 0.3 is 0 Å². The maximum absolute atomic E-state index is 12.4. The lowest BCUT2D eigenvalue weighted by Gasteiger charge is -2.22. The van der Waals surface area contributed by atoms with Gasteiger partial charge in [0, 0.05) is 37.8 Å². The van der Waals surface area contributed by atoms with E-state index in [-0.39, 0.29) is 28.9 Å². The molecule has 1 rings (SSSR count). The zero-order valence-corrected chi connectivity index (χ0v) is 14.2. The third-order valence-electron chi connectivity index (χ3n) is 3.03. The summed E-state index contributed by atoms with van der Waals surface area (Å²) in [5, 5.41) is 0.276. The van der Waals surface area contributed by atoms with E-state index in [0.717, 1.165) is 5.69 Å². The van der Waals surface area contributed by atoms with E-state index in [1.54, 1.807) is 27.2 Å². The average molecular weight is 312 g/mol. The fraction of sp³-hybridized carbons (Fsp3) is 0.533. The summed E-state index contributed by atoms with van der Waals surface area (Å²) in [6, 6.07) is 3.25. The van der Waals surface area contributed by atoms with Gasteiger partial charge in [-0.3, -0.25) is 9.59 Å². The number of halogens is 1. The molecule has 1 heterocycles. The minimum atomic E-state index is -0.250. The molecule has 1 aromatic rings. The summed E-state index contributed by atoms with van der Waals surface area (Å²) in [7, 11) is 4.90. The Morgan fingerprint density at radius 2 is 1.76 bits per heavy atom. The molecule has 0 spiro atoms. The number of hydrogen-bond acceptors (Lipinski definition) is 3. The van der Waals surface area contributed by atoms with Gasteiger partial charge in [-0.15, -0.1) is 0 Å². The van der Waals surface area contributed by atoms with Crippen molar-refractivity contribution in [2.75, 3.05) is 27.7 Å². The molecule has 0 radical (unpaired) electrons. The number of nitrogens with zero attached hydrogens (tertiary/aromatic N) is 3. The van der Waals surface area contributed by atoms with Crippen molar-refractivity contribution >= 4 is 23.4 Å². The predicted molar refractivity (Wildman–Crippen MR) is 83.6 cm³/mol. The van der Waals surface area contributed by atoms with E-state index in [9.17, 15) is 9.59 Å². The van der Waals surface area contributed by atoms with Gasteiger partial charge in [0.2, 0.25) is 5.91 Å². The van der Waals surface area contributed by atoms with Gasteiger partial charge in [0.05, 0.1) is 6.54 Å². The van der Waals surface area contributed by atoms with E-state index in [2.05, 4.69) is 4.98 Å². The Hall–Kier alpha value is -1.62. The standard InChI is InChI=1S/C15H22ClN3O2/c1-15(2,3)11-7-10(8-12(16)17-11)14(21)19(6)9-13(20)18(4)5/h7-8H,9H2,1-6H3. The Kier molecular flexibility index (Phi) is 5.34. The maximum Gasteiger partial charge on any atom is 0.254 e. The maximum atomic E-state index is 12.4.